The highest BCUT2D eigenvalue weighted by Gasteiger charge is 2.27. The van der Waals surface area contributed by atoms with E-state index >= 15 is 0 Å². The third-order valence-corrected chi connectivity index (χ3v) is 4.82. The number of hydrogen-bond acceptors (Lipinski definition) is 2. The van der Waals surface area contributed by atoms with E-state index in [-0.39, 0.29) is 17.6 Å². The molecular weight excluding hydrogens is 319 g/mol. The zero-order valence-electron chi connectivity index (χ0n) is 13.7. The molecule has 4 rings (SSSR count). The van der Waals surface area contributed by atoms with Crippen molar-refractivity contribution in [3.05, 3.63) is 66.0 Å². The van der Waals surface area contributed by atoms with Gasteiger partial charge in [0.2, 0.25) is 0 Å². The number of rotatable bonds is 3. The molecule has 128 valence electrons. The normalized spacial score (nSPS) is 15.5. The van der Waals surface area contributed by atoms with Crippen molar-refractivity contribution < 1.29 is 9.18 Å². The van der Waals surface area contributed by atoms with Gasteiger partial charge in [0.1, 0.15) is 11.5 Å². The second-order valence-electron chi connectivity index (χ2n) is 6.36. The van der Waals surface area contributed by atoms with Gasteiger partial charge < -0.3 is 9.88 Å². The highest BCUT2D eigenvalue weighted by Crippen LogP contribution is 2.34. The van der Waals surface area contributed by atoms with Crippen molar-refractivity contribution in [1.29, 1.82) is 0 Å². The Morgan fingerprint density at radius 3 is 2.76 bits per heavy atom. The molecule has 0 spiro atoms. The summed E-state index contributed by atoms with van der Waals surface area (Å²) in [7, 11) is 0. The number of hydrogen-bond donors (Lipinski definition) is 2. The monoisotopic (exact) mass is 338 g/mol. The minimum absolute atomic E-state index is 0.0402. The molecule has 0 aliphatic carbocycles. The van der Waals surface area contributed by atoms with Crippen LogP contribution in [0.3, 0.4) is 0 Å². The van der Waals surface area contributed by atoms with Crippen LogP contribution in [-0.2, 0) is 0 Å². The average molecular weight is 338 g/mol. The maximum atomic E-state index is 13.5. The number of carbonyl (C=O) groups excluding carboxylic acids is 1. The lowest BCUT2D eigenvalue weighted by atomic mass is 9.89. The second-order valence-corrected chi connectivity index (χ2v) is 6.36. The van der Waals surface area contributed by atoms with E-state index in [1.54, 1.807) is 24.5 Å². The Balaban J connectivity index is 1.49. The fraction of sp³-hybridized carbons (Fsp3) is 0.263. The predicted molar refractivity (Wildman–Crippen MR) is 92.7 cm³/mol. The lowest BCUT2D eigenvalue weighted by Crippen LogP contribution is -2.38. The maximum absolute atomic E-state index is 13.5. The summed E-state index contributed by atoms with van der Waals surface area (Å²) in [4.78, 5) is 17.3. The van der Waals surface area contributed by atoms with Crippen molar-refractivity contribution in [2.24, 2.45) is 0 Å². The van der Waals surface area contributed by atoms with Crippen molar-refractivity contribution in [1.82, 2.24) is 20.1 Å². The van der Waals surface area contributed by atoms with Crippen molar-refractivity contribution in [2.75, 3.05) is 13.1 Å². The van der Waals surface area contributed by atoms with Crippen molar-refractivity contribution in [2.45, 2.75) is 18.8 Å². The van der Waals surface area contributed by atoms with Crippen LogP contribution in [0.5, 0.6) is 0 Å². The van der Waals surface area contributed by atoms with Gasteiger partial charge in [0.25, 0.3) is 5.91 Å². The van der Waals surface area contributed by atoms with Gasteiger partial charge in [-0.2, -0.15) is 5.10 Å². The predicted octanol–water partition coefficient (Wildman–Crippen LogP) is 3.56. The fourth-order valence-electron chi connectivity index (χ4n) is 3.50. The third kappa shape index (κ3) is 3.07. The molecule has 1 aliphatic rings. The topological polar surface area (TPSA) is 64.8 Å². The van der Waals surface area contributed by atoms with E-state index in [4.69, 9.17) is 0 Å². The Bertz CT molecular complexity index is 863. The molecule has 5 nitrogen and oxygen atoms in total. The summed E-state index contributed by atoms with van der Waals surface area (Å²) in [6, 6.07) is 10.2. The number of halogens is 1. The molecule has 2 N–H and O–H groups in total. The first-order valence-electron chi connectivity index (χ1n) is 8.44. The van der Waals surface area contributed by atoms with E-state index in [9.17, 15) is 9.18 Å². The molecule has 25 heavy (non-hydrogen) atoms. The lowest BCUT2D eigenvalue weighted by molar-refractivity contribution is 0.0707. The van der Waals surface area contributed by atoms with Crippen LogP contribution in [0.2, 0.25) is 0 Å². The molecule has 0 bridgehead atoms. The molecule has 6 heteroatoms. The molecule has 3 heterocycles. The number of likely N-dealkylation sites (tertiary alicyclic amines) is 1. The number of carbonyl (C=O) groups is 1. The first kappa shape index (κ1) is 15.6. The molecule has 0 radical (unpaired) electrons. The summed E-state index contributed by atoms with van der Waals surface area (Å²) in [5.41, 5.74) is 3.42. The van der Waals surface area contributed by atoms with Gasteiger partial charge in [0.05, 0.1) is 6.20 Å². The number of nitrogens with zero attached hydrogens (tertiary/aromatic N) is 2. The van der Waals surface area contributed by atoms with Crippen LogP contribution in [0.1, 0.15) is 34.9 Å². The summed E-state index contributed by atoms with van der Waals surface area (Å²) in [5, 5.41) is 7.25. The second kappa shape index (κ2) is 6.55. The standard InChI is InChI=1S/C19H19FN4O/c20-15-4-1-3-14(11-15)16-12-22-23-18(16)13-6-9-24(10-7-13)19(25)17-5-2-8-21-17/h1-5,8,11-13,21H,6-7,9-10H2,(H,22,23). The van der Waals surface area contributed by atoms with Crippen LogP contribution in [0.4, 0.5) is 4.39 Å². The van der Waals surface area contributed by atoms with Crippen LogP contribution < -0.4 is 0 Å². The Morgan fingerprint density at radius 1 is 1.20 bits per heavy atom. The lowest BCUT2D eigenvalue weighted by Gasteiger charge is -2.31. The summed E-state index contributed by atoms with van der Waals surface area (Å²) in [6.07, 6.45) is 5.23. The summed E-state index contributed by atoms with van der Waals surface area (Å²) < 4.78 is 13.5. The smallest absolute Gasteiger partial charge is 0.270 e. The zero-order chi connectivity index (χ0) is 17.2. The van der Waals surface area contributed by atoms with E-state index in [2.05, 4.69) is 15.2 Å². The van der Waals surface area contributed by atoms with Crippen molar-refractivity contribution in [3.63, 3.8) is 0 Å². The molecule has 3 aromatic rings. The highest BCUT2D eigenvalue weighted by atomic mass is 19.1. The van der Waals surface area contributed by atoms with E-state index in [0.29, 0.717) is 18.8 Å². The Labute approximate surface area is 144 Å². The van der Waals surface area contributed by atoms with Gasteiger partial charge in [0.15, 0.2) is 0 Å². The number of amides is 1. The molecule has 1 fully saturated rings. The summed E-state index contributed by atoms with van der Waals surface area (Å²) >= 11 is 0. The van der Waals surface area contributed by atoms with Crippen molar-refractivity contribution in [3.8, 4) is 11.1 Å². The molecule has 2 aromatic heterocycles. The average Bonchev–Trinajstić information content (AvgIpc) is 3.33. The largest absolute Gasteiger partial charge is 0.357 e. The summed E-state index contributed by atoms with van der Waals surface area (Å²) in [5.74, 6) is 0.0721. The Kier molecular flexibility index (Phi) is 4.09. The Morgan fingerprint density at radius 2 is 2.04 bits per heavy atom. The first-order valence-corrected chi connectivity index (χ1v) is 8.44. The van der Waals surface area contributed by atoms with E-state index in [1.807, 2.05) is 17.0 Å². The number of aromatic nitrogens is 3. The van der Waals surface area contributed by atoms with Gasteiger partial charge in [-0.15, -0.1) is 0 Å². The van der Waals surface area contributed by atoms with E-state index in [1.165, 1.54) is 12.1 Å². The molecule has 0 unspecified atom stereocenters. The number of piperidine rings is 1. The quantitative estimate of drug-likeness (QED) is 0.767. The number of nitrogens with one attached hydrogen (secondary N) is 2. The maximum Gasteiger partial charge on any atom is 0.270 e. The van der Waals surface area contributed by atoms with Crippen LogP contribution in [-0.4, -0.2) is 39.1 Å². The first-order chi connectivity index (χ1) is 12.2. The molecule has 0 saturated carbocycles. The molecule has 1 amide bonds. The minimum Gasteiger partial charge on any atom is -0.357 e. The third-order valence-electron chi connectivity index (χ3n) is 4.82. The Hall–Kier alpha value is -2.89. The van der Waals surface area contributed by atoms with E-state index in [0.717, 1.165) is 29.7 Å². The van der Waals surface area contributed by atoms with Gasteiger partial charge in [-0.25, -0.2) is 4.39 Å². The van der Waals surface area contributed by atoms with Crippen LogP contribution in [0.15, 0.2) is 48.8 Å². The molecule has 1 aromatic carbocycles. The molecule has 1 aliphatic heterocycles. The molecule has 1 saturated heterocycles. The van der Waals surface area contributed by atoms with Crippen molar-refractivity contribution >= 4 is 5.91 Å². The fourth-order valence-corrected chi connectivity index (χ4v) is 3.50. The SMILES string of the molecule is O=C(c1ccc[nH]1)N1CCC(c2[nH]ncc2-c2cccc(F)c2)CC1. The van der Waals surface area contributed by atoms with Gasteiger partial charge in [-0.05, 0) is 42.7 Å². The highest BCUT2D eigenvalue weighted by molar-refractivity contribution is 5.92. The van der Waals surface area contributed by atoms with Gasteiger partial charge in [-0.3, -0.25) is 9.89 Å². The number of aromatic amines is 2. The zero-order valence-corrected chi connectivity index (χ0v) is 13.7. The molecule has 0 atom stereocenters. The molecular formula is C19H19FN4O. The van der Waals surface area contributed by atoms with E-state index < -0.39 is 0 Å². The van der Waals surface area contributed by atoms with Gasteiger partial charge >= 0.3 is 0 Å². The number of benzene rings is 1. The number of H-pyrrole nitrogens is 2. The van der Waals surface area contributed by atoms with Gasteiger partial charge in [-0.1, -0.05) is 12.1 Å². The van der Waals surface area contributed by atoms with Gasteiger partial charge in [0, 0.05) is 36.5 Å². The minimum atomic E-state index is -0.254. The van der Waals surface area contributed by atoms with Crippen LogP contribution in [0, 0.1) is 5.82 Å². The van der Waals surface area contributed by atoms with Crippen LogP contribution >= 0.6 is 0 Å². The van der Waals surface area contributed by atoms with Crippen LogP contribution in [0.25, 0.3) is 11.1 Å². The summed E-state index contributed by atoms with van der Waals surface area (Å²) in [6.45, 7) is 1.40.